The summed E-state index contributed by atoms with van der Waals surface area (Å²) in [5.41, 5.74) is -1.94. The number of halogens is 5. The van der Waals surface area contributed by atoms with Crippen LogP contribution in [-0.2, 0) is 26.6 Å². The molecule has 1 aliphatic rings. The van der Waals surface area contributed by atoms with Crippen LogP contribution < -0.4 is 9.04 Å². The summed E-state index contributed by atoms with van der Waals surface area (Å²) in [6.07, 6.45) is -1.02. The highest BCUT2D eigenvalue weighted by Gasteiger charge is 2.34. The minimum atomic E-state index is -4.60. The summed E-state index contributed by atoms with van der Waals surface area (Å²) in [7, 11) is -2.45. The number of hydrogen-bond acceptors (Lipinski definition) is 4. The van der Waals surface area contributed by atoms with E-state index in [4.69, 9.17) is 21.1 Å². The second-order valence-electron chi connectivity index (χ2n) is 9.78. The molecule has 11 heteroatoms. The highest BCUT2D eigenvalue weighted by atomic mass is 35.5. The van der Waals surface area contributed by atoms with Gasteiger partial charge in [-0.2, -0.15) is 13.2 Å². The van der Waals surface area contributed by atoms with Crippen molar-refractivity contribution in [2.75, 3.05) is 24.6 Å². The van der Waals surface area contributed by atoms with Crippen LogP contribution in [0, 0.1) is 0 Å². The first-order valence-electron chi connectivity index (χ1n) is 12.9. The molecule has 0 saturated heterocycles. The van der Waals surface area contributed by atoms with E-state index in [1.165, 1.54) is 68.5 Å². The number of sulfonamides is 1. The van der Waals surface area contributed by atoms with E-state index in [0.717, 1.165) is 22.6 Å². The molecule has 226 valence electrons. The Hall–Kier alpha value is -3.50. The Bertz CT molecular complexity index is 1560. The summed E-state index contributed by atoms with van der Waals surface area (Å²) in [4.78, 5) is -0.0783. The van der Waals surface area contributed by atoms with Gasteiger partial charge in [0.2, 0.25) is 0 Å². The molecule has 0 fully saturated rings. The van der Waals surface area contributed by atoms with Crippen molar-refractivity contribution in [1.29, 1.82) is 0 Å². The van der Waals surface area contributed by atoms with E-state index < -0.39 is 27.4 Å². The quantitative estimate of drug-likeness (QED) is 0.149. The standard InChI is InChI=1S/C26H22ClF4NO3S.C5H10O/c1-25(2,28)18-5-3-6-19(16-18)36(33,34)32-13-14-35-24-12-10-17(15-23(24)32)9-11-20-21(26(29,30)31)7-4-8-22(20)27;1-4-5(2)6-3/h3-12,15-16H,13-14H2,1-2H3;2,4H2,1,3H3/b11-9+;. The Morgan fingerprint density at radius 2 is 1.76 bits per heavy atom. The van der Waals surface area contributed by atoms with Crippen molar-refractivity contribution in [3.63, 3.8) is 0 Å². The fraction of sp³-hybridized carbons (Fsp3) is 0.290. The SMILES string of the molecule is C=C(CC)OC.CC(C)(F)c1cccc(S(=O)(=O)N2CCOc3ccc(/C=C/c4c(Cl)cccc4C(F)(F)F)cc32)c1. The van der Waals surface area contributed by atoms with Crippen molar-refractivity contribution in [3.05, 3.63) is 100 Å². The second kappa shape index (κ2) is 13.2. The molecule has 0 amide bonds. The van der Waals surface area contributed by atoms with E-state index in [2.05, 4.69) is 6.58 Å². The smallest absolute Gasteiger partial charge is 0.417 e. The number of nitrogens with zero attached hydrogens (tertiary/aromatic N) is 1. The number of alkyl halides is 4. The van der Waals surface area contributed by atoms with Gasteiger partial charge in [0, 0.05) is 17.0 Å². The van der Waals surface area contributed by atoms with E-state index in [1.54, 1.807) is 19.2 Å². The lowest BCUT2D eigenvalue weighted by Crippen LogP contribution is -2.38. The number of benzene rings is 3. The maximum Gasteiger partial charge on any atom is 0.417 e. The van der Waals surface area contributed by atoms with Crippen molar-refractivity contribution in [1.82, 2.24) is 0 Å². The van der Waals surface area contributed by atoms with E-state index >= 15 is 0 Å². The molecule has 0 spiro atoms. The molecule has 0 saturated carbocycles. The molecule has 0 bridgehead atoms. The van der Waals surface area contributed by atoms with E-state index in [1.807, 2.05) is 6.92 Å². The molecule has 1 aliphatic heterocycles. The highest BCUT2D eigenvalue weighted by molar-refractivity contribution is 7.92. The van der Waals surface area contributed by atoms with Crippen molar-refractivity contribution < 1.29 is 35.5 Å². The molecule has 0 unspecified atom stereocenters. The zero-order chi connectivity index (χ0) is 31.3. The number of anilines is 1. The van der Waals surface area contributed by atoms with Crippen LogP contribution in [0.5, 0.6) is 5.75 Å². The van der Waals surface area contributed by atoms with E-state index in [0.29, 0.717) is 11.3 Å². The predicted molar refractivity (Wildman–Crippen MR) is 159 cm³/mol. The van der Waals surface area contributed by atoms with Gasteiger partial charge in [-0.15, -0.1) is 0 Å². The Morgan fingerprint density at radius 1 is 1.07 bits per heavy atom. The minimum Gasteiger partial charge on any atom is -0.502 e. The lowest BCUT2D eigenvalue weighted by Gasteiger charge is -2.31. The van der Waals surface area contributed by atoms with Gasteiger partial charge in [0.05, 0.1) is 35.6 Å². The molecule has 0 aliphatic carbocycles. The third-order valence-corrected chi connectivity index (χ3v) is 8.53. The maximum atomic E-state index is 14.5. The zero-order valence-corrected chi connectivity index (χ0v) is 25.2. The monoisotopic (exact) mass is 625 g/mol. The van der Waals surface area contributed by atoms with Crippen molar-refractivity contribution >= 4 is 39.5 Å². The molecule has 0 aromatic heterocycles. The van der Waals surface area contributed by atoms with E-state index in [9.17, 15) is 26.0 Å². The molecule has 4 rings (SSSR count). The van der Waals surface area contributed by atoms with Crippen LogP contribution >= 0.6 is 11.6 Å². The Morgan fingerprint density at radius 3 is 2.36 bits per heavy atom. The molecule has 3 aromatic carbocycles. The van der Waals surface area contributed by atoms with Gasteiger partial charge < -0.3 is 9.47 Å². The van der Waals surface area contributed by atoms with Crippen LogP contribution in [0.1, 0.15) is 49.4 Å². The predicted octanol–water partition coefficient (Wildman–Crippen LogP) is 8.88. The second-order valence-corrected chi connectivity index (χ2v) is 12.1. The average Bonchev–Trinajstić information content (AvgIpc) is 2.95. The first kappa shape index (κ1) is 33.0. The summed E-state index contributed by atoms with van der Waals surface area (Å²) in [6, 6.07) is 13.9. The van der Waals surface area contributed by atoms with Crippen LogP contribution in [0.3, 0.4) is 0 Å². The number of methoxy groups -OCH3 is 1. The molecular formula is C31H32ClF4NO4S. The van der Waals surface area contributed by atoms with Gasteiger partial charge in [0.25, 0.3) is 10.0 Å². The zero-order valence-electron chi connectivity index (χ0n) is 23.6. The summed E-state index contributed by atoms with van der Waals surface area (Å²) in [5.74, 6) is 1.15. The Balaban J connectivity index is 0.000000730. The highest BCUT2D eigenvalue weighted by Crippen LogP contribution is 2.39. The topological polar surface area (TPSA) is 55.8 Å². The summed E-state index contributed by atoms with van der Waals surface area (Å²) in [5, 5.41) is -0.0674. The third-order valence-electron chi connectivity index (χ3n) is 6.40. The van der Waals surface area contributed by atoms with Gasteiger partial charge in [0.1, 0.15) is 18.0 Å². The van der Waals surface area contributed by atoms with Gasteiger partial charge >= 0.3 is 6.18 Å². The lowest BCUT2D eigenvalue weighted by molar-refractivity contribution is -0.137. The molecule has 42 heavy (non-hydrogen) atoms. The van der Waals surface area contributed by atoms with Gasteiger partial charge in [-0.1, -0.05) is 61.5 Å². The first-order chi connectivity index (χ1) is 19.6. The van der Waals surface area contributed by atoms with Crippen molar-refractivity contribution in [2.24, 2.45) is 0 Å². The summed E-state index contributed by atoms with van der Waals surface area (Å²) >= 11 is 6.03. The molecule has 0 atom stereocenters. The molecular weight excluding hydrogens is 594 g/mol. The van der Waals surface area contributed by atoms with Crippen LogP contribution in [0.4, 0.5) is 23.2 Å². The van der Waals surface area contributed by atoms with Gasteiger partial charge in [-0.25, -0.2) is 12.8 Å². The number of rotatable bonds is 7. The lowest BCUT2D eigenvalue weighted by atomic mass is 10.0. The number of hydrogen-bond donors (Lipinski definition) is 0. The van der Waals surface area contributed by atoms with Crippen LogP contribution in [0.2, 0.25) is 5.02 Å². The molecule has 3 aromatic rings. The number of fused-ring (bicyclic) bond motifs is 1. The fourth-order valence-corrected chi connectivity index (χ4v) is 5.73. The first-order valence-corrected chi connectivity index (χ1v) is 14.8. The van der Waals surface area contributed by atoms with Gasteiger partial charge in [-0.05, 0) is 61.4 Å². The molecule has 0 N–H and O–H groups in total. The van der Waals surface area contributed by atoms with Crippen molar-refractivity contribution in [2.45, 2.75) is 43.9 Å². The normalized spacial score (nSPS) is 13.6. The van der Waals surface area contributed by atoms with Crippen LogP contribution in [0.15, 0.2) is 77.9 Å². The molecule has 5 nitrogen and oxygen atoms in total. The number of ether oxygens (including phenoxy) is 2. The number of allylic oxidation sites excluding steroid dienone is 1. The Labute approximate surface area is 249 Å². The van der Waals surface area contributed by atoms with E-state index in [-0.39, 0.29) is 39.9 Å². The molecule has 0 radical (unpaired) electrons. The summed E-state index contributed by atoms with van der Waals surface area (Å²) < 4.78 is 93.2. The van der Waals surface area contributed by atoms with Gasteiger partial charge in [0.15, 0.2) is 0 Å². The fourth-order valence-electron chi connectivity index (χ4n) is 3.99. The summed E-state index contributed by atoms with van der Waals surface area (Å²) in [6.45, 7) is 8.36. The largest absolute Gasteiger partial charge is 0.502 e. The van der Waals surface area contributed by atoms with Crippen molar-refractivity contribution in [3.8, 4) is 5.75 Å². The maximum absolute atomic E-state index is 14.5. The Kier molecular flexibility index (Phi) is 10.4. The van der Waals surface area contributed by atoms with Gasteiger partial charge in [-0.3, -0.25) is 4.31 Å². The average molecular weight is 626 g/mol. The minimum absolute atomic E-state index is 0.00841. The van der Waals surface area contributed by atoms with Crippen LogP contribution in [0.25, 0.3) is 12.2 Å². The molecule has 1 heterocycles. The van der Waals surface area contributed by atoms with Crippen LogP contribution in [-0.4, -0.2) is 28.7 Å². The third kappa shape index (κ3) is 7.86.